The molecule has 3 fully saturated rings. The number of nitrogens with two attached hydrogens (primary N) is 2. The van der Waals surface area contributed by atoms with Crippen LogP contribution in [-0.2, 0) is 0 Å². The van der Waals surface area contributed by atoms with Gasteiger partial charge in [0.15, 0.2) is 0 Å². The minimum atomic E-state index is -0.0434. The second-order valence-electron chi connectivity index (χ2n) is 5.28. The Labute approximate surface area is 74.7 Å². The van der Waals surface area contributed by atoms with E-state index >= 15 is 0 Å². The second-order valence-corrected chi connectivity index (χ2v) is 5.28. The lowest BCUT2D eigenvalue weighted by atomic mass is 9.43. The van der Waals surface area contributed by atoms with Crippen molar-refractivity contribution in [2.75, 3.05) is 6.54 Å². The van der Waals surface area contributed by atoms with Crippen molar-refractivity contribution in [2.45, 2.75) is 38.6 Å². The monoisotopic (exact) mass is 168 g/mol. The van der Waals surface area contributed by atoms with Gasteiger partial charge in [0.25, 0.3) is 0 Å². The molecule has 0 aromatic heterocycles. The summed E-state index contributed by atoms with van der Waals surface area (Å²) in [6.07, 6.45) is 3.75. The quantitative estimate of drug-likeness (QED) is 0.616. The molecule has 3 saturated carbocycles. The van der Waals surface area contributed by atoms with Crippen LogP contribution in [0.1, 0.15) is 33.1 Å². The van der Waals surface area contributed by atoms with E-state index in [0.717, 1.165) is 12.3 Å². The Balaban J connectivity index is 2.21. The number of rotatable bonds is 1. The van der Waals surface area contributed by atoms with E-state index in [0.29, 0.717) is 17.9 Å². The summed E-state index contributed by atoms with van der Waals surface area (Å²) in [4.78, 5) is 0. The fraction of sp³-hybridized carbons (Fsp3) is 1.00. The Morgan fingerprint density at radius 1 is 1.42 bits per heavy atom. The minimum absolute atomic E-state index is 0.0434. The Bertz CT molecular complexity index is 198. The smallest absolute Gasteiger partial charge is 0.0312 e. The van der Waals surface area contributed by atoms with Gasteiger partial charge in [0.1, 0.15) is 0 Å². The number of fused-ring (bicyclic) bond motifs is 2. The molecule has 4 N–H and O–H groups in total. The zero-order valence-corrected chi connectivity index (χ0v) is 8.14. The molecule has 3 aliphatic carbocycles. The Kier molecular flexibility index (Phi) is 1.59. The second kappa shape index (κ2) is 2.24. The molecule has 2 heteroatoms. The lowest BCUT2D eigenvalue weighted by Crippen LogP contribution is -2.68. The van der Waals surface area contributed by atoms with Crippen LogP contribution in [0.25, 0.3) is 0 Å². The van der Waals surface area contributed by atoms with Gasteiger partial charge in [0, 0.05) is 12.1 Å². The minimum Gasteiger partial charge on any atom is -0.329 e. The van der Waals surface area contributed by atoms with Gasteiger partial charge in [-0.25, -0.2) is 0 Å². The summed E-state index contributed by atoms with van der Waals surface area (Å²) in [5.74, 6) is 1.60. The van der Waals surface area contributed by atoms with Crippen LogP contribution in [0, 0.1) is 17.3 Å². The molecule has 0 amide bonds. The fourth-order valence-corrected chi connectivity index (χ4v) is 3.34. The van der Waals surface area contributed by atoms with E-state index in [-0.39, 0.29) is 5.54 Å². The Morgan fingerprint density at radius 3 is 2.42 bits per heavy atom. The van der Waals surface area contributed by atoms with Crippen molar-refractivity contribution in [1.29, 1.82) is 0 Å². The number of hydrogen-bond acceptors (Lipinski definition) is 2. The van der Waals surface area contributed by atoms with Gasteiger partial charge in [-0.15, -0.1) is 0 Å². The molecule has 3 aliphatic rings. The normalized spacial score (nSPS) is 50.0. The van der Waals surface area contributed by atoms with Gasteiger partial charge < -0.3 is 11.5 Å². The van der Waals surface area contributed by atoms with Crippen molar-refractivity contribution in [2.24, 2.45) is 28.7 Å². The van der Waals surface area contributed by atoms with E-state index < -0.39 is 0 Å². The first-order chi connectivity index (χ1) is 5.50. The van der Waals surface area contributed by atoms with Crippen LogP contribution >= 0.6 is 0 Å². The summed E-state index contributed by atoms with van der Waals surface area (Å²) in [5, 5.41) is 0. The fourth-order valence-electron chi connectivity index (χ4n) is 3.34. The van der Waals surface area contributed by atoms with Gasteiger partial charge in [0.2, 0.25) is 0 Å². The zero-order chi connectivity index (χ0) is 8.98. The lowest BCUT2D eigenvalue weighted by Gasteiger charge is -2.64. The van der Waals surface area contributed by atoms with E-state index in [1.165, 1.54) is 12.8 Å². The van der Waals surface area contributed by atoms with E-state index in [2.05, 4.69) is 13.8 Å². The van der Waals surface area contributed by atoms with Gasteiger partial charge in [-0.3, -0.25) is 0 Å². The van der Waals surface area contributed by atoms with Crippen molar-refractivity contribution in [3.05, 3.63) is 0 Å². The van der Waals surface area contributed by atoms with Crippen molar-refractivity contribution in [3.8, 4) is 0 Å². The Morgan fingerprint density at radius 2 is 2.08 bits per heavy atom. The van der Waals surface area contributed by atoms with Gasteiger partial charge in [-0.2, -0.15) is 0 Å². The average molecular weight is 168 g/mol. The summed E-state index contributed by atoms with van der Waals surface area (Å²) in [7, 11) is 0. The maximum Gasteiger partial charge on any atom is 0.0312 e. The highest BCUT2D eigenvalue weighted by Gasteiger charge is 2.58. The molecule has 0 saturated heterocycles. The summed E-state index contributed by atoms with van der Waals surface area (Å²) >= 11 is 0. The first kappa shape index (κ1) is 8.52. The highest BCUT2D eigenvalue weighted by Crippen LogP contribution is 2.61. The molecule has 70 valence electrons. The Hall–Kier alpha value is -0.0800. The molecule has 0 heterocycles. The molecule has 2 bridgehead atoms. The molecule has 2 nitrogen and oxygen atoms in total. The SMILES string of the molecule is CC1(C)C2CC[C@](N)(CN)[C@@H]1C2. The first-order valence-electron chi connectivity index (χ1n) is 4.99. The maximum absolute atomic E-state index is 6.29. The van der Waals surface area contributed by atoms with Crippen molar-refractivity contribution >= 4 is 0 Å². The third-order valence-corrected chi connectivity index (χ3v) is 4.50. The first-order valence-corrected chi connectivity index (χ1v) is 4.99. The average Bonchev–Trinajstić information content (AvgIpc) is 2.04. The van der Waals surface area contributed by atoms with E-state index in [1.807, 2.05) is 0 Å². The van der Waals surface area contributed by atoms with Crippen LogP contribution < -0.4 is 11.5 Å². The van der Waals surface area contributed by atoms with Crippen molar-refractivity contribution in [1.82, 2.24) is 0 Å². The van der Waals surface area contributed by atoms with E-state index in [4.69, 9.17) is 11.5 Å². The third kappa shape index (κ3) is 0.826. The van der Waals surface area contributed by atoms with Crippen LogP contribution in [0.2, 0.25) is 0 Å². The van der Waals surface area contributed by atoms with Crippen LogP contribution in [0.15, 0.2) is 0 Å². The van der Waals surface area contributed by atoms with Crippen LogP contribution in [0.5, 0.6) is 0 Å². The molecule has 0 aromatic carbocycles. The molecule has 0 radical (unpaired) electrons. The maximum atomic E-state index is 6.29. The molecule has 3 rings (SSSR count). The molecule has 1 unspecified atom stereocenters. The van der Waals surface area contributed by atoms with E-state index in [1.54, 1.807) is 0 Å². The summed E-state index contributed by atoms with van der Waals surface area (Å²) in [5.41, 5.74) is 12.5. The third-order valence-electron chi connectivity index (χ3n) is 4.50. The predicted molar refractivity (Wildman–Crippen MR) is 50.6 cm³/mol. The summed E-state index contributed by atoms with van der Waals surface area (Å²) < 4.78 is 0. The molecule has 12 heavy (non-hydrogen) atoms. The topological polar surface area (TPSA) is 52.0 Å². The molecule has 0 aromatic rings. The summed E-state index contributed by atoms with van der Waals surface area (Å²) in [6.45, 7) is 5.36. The van der Waals surface area contributed by atoms with Gasteiger partial charge in [0.05, 0.1) is 0 Å². The van der Waals surface area contributed by atoms with Crippen molar-refractivity contribution < 1.29 is 0 Å². The zero-order valence-electron chi connectivity index (χ0n) is 8.14. The van der Waals surface area contributed by atoms with Gasteiger partial charge >= 0.3 is 0 Å². The molecular formula is C10H20N2. The highest BCUT2D eigenvalue weighted by molar-refractivity contribution is 5.12. The number of hydrogen-bond donors (Lipinski definition) is 2. The van der Waals surface area contributed by atoms with E-state index in [9.17, 15) is 0 Å². The van der Waals surface area contributed by atoms with Crippen molar-refractivity contribution in [3.63, 3.8) is 0 Å². The van der Waals surface area contributed by atoms with Gasteiger partial charge in [-0.05, 0) is 36.5 Å². The predicted octanol–water partition coefficient (Wildman–Crippen LogP) is 1.10. The molecule has 3 atom stereocenters. The van der Waals surface area contributed by atoms with Crippen LogP contribution in [0.3, 0.4) is 0 Å². The standard InChI is InChI=1S/C10H20N2/c1-9(2)7-3-4-10(12,6-11)8(9)5-7/h7-8H,3-6,11-12H2,1-2H3/t7?,8-,10+/m1/s1. The highest BCUT2D eigenvalue weighted by atomic mass is 14.9. The van der Waals surface area contributed by atoms with Gasteiger partial charge in [-0.1, -0.05) is 13.8 Å². The largest absolute Gasteiger partial charge is 0.329 e. The summed E-state index contributed by atoms with van der Waals surface area (Å²) in [6, 6.07) is 0. The van der Waals surface area contributed by atoms with Crippen LogP contribution in [-0.4, -0.2) is 12.1 Å². The van der Waals surface area contributed by atoms with Crippen LogP contribution in [0.4, 0.5) is 0 Å². The lowest BCUT2D eigenvalue weighted by molar-refractivity contribution is -0.114. The molecule has 0 spiro atoms. The molecular weight excluding hydrogens is 148 g/mol. The molecule has 0 aliphatic heterocycles.